The van der Waals surface area contributed by atoms with E-state index < -0.39 is 0 Å². The van der Waals surface area contributed by atoms with Crippen molar-refractivity contribution >= 4 is 28.4 Å². The molecule has 9 heteroatoms. The van der Waals surface area contributed by atoms with Crippen molar-refractivity contribution in [3.05, 3.63) is 103 Å². The predicted octanol–water partition coefficient (Wildman–Crippen LogP) is 4.77. The molecule has 0 aliphatic heterocycles. The molecule has 0 amide bonds. The number of pyridine rings is 1. The number of hydrogen-bond donors (Lipinski definition) is 1. The molecule has 0 radical (unpaired) electrons. The van der Waals surface area contributed by atoms with Crippen molar-refractivity contribution in [3.8, 4) is 5.69 Å². The first-order valence-corrected chi connectivity index (χ1v) is 9.87. The smallest absolute Gasteiger partial charge is 0.274 e. The summed E-state index contributed by atoms with van der Waals surface area (Å²) in [6, 6.07) is 28.8. The summed E-state index contributed by atoms with van der Waals surface area (Å²) in [5, 5.41) is 25.8. The van der Waals surface area contributed by atoms with Crippen LogP contribution in [-0.2, 0) is 0 Å². The number of anilines is 1. The number of hydrazone groups is 1. The third-order valence-electron chi connectivity index (χ3n) is 4.63. The Kier molecular flexibility index (Phi) is 5.35. The van der Waals surface area contributed by atoms with Gasteiger partial charge in [-0.2, -0.15) is 9.78 Å². The number of fused-ring (bicyclic) bond motifs is 1. The summed E-state index contributed by atoms with van der Waals surface area (Å²) in [5.74, 6) is 0.618. The zero-order chi connectivity index (χ0) is 21.6. The number of benzene rings is 3. The summed E-state index contributed by atoms with van der Waals surface area (Å²) < 4.78 is 1.51. The molecule has 0 bridgehead atoms. The van der Waals surface area contributed by atoms with Gasteiger partial charge in [0.1, 0.15) is 0 Å². The molecule has 0 atom stereocenters. The fourth-order valence-corrected chi connectivity index (χ4v) is 3.11. The minimum Gasteiger partial charge on any atom is -0.274 e. The van der Waals surface area contributed by atoms with Crippen molar-refractivity contribution in [2.24, 2.45) is 15.3 Å². The second kappa shape index (κ2) is 8.92. The average molecular weight is 419 g/mol. The normalized spacial score (nSPS) is 11.8. The van der Waals surface area contributed by atoms with Crippen LogP contribution >= 0.6 is 0 Å². The Labute approximate surface area is 183 Å². The molecule has 3 aromatic carbocycles. The maximum Gasteiger partial charge on any atom is 0.292 e. The van der Waals surface area contributed by atoms with E-state index in [4.69, 9.17) is 0 Å². The van der Waals surface area contributed by atoms with Crippen LogP contribution in [0.3, 0.4) is 0 Å². The van der Waals surface area contributed by atoms with Crippen LogP contribution in [0.4, 0.5) is 11.6 Å². The molecule has 0 saturated carbocycles. The van der Waals surface area contributed by atoms with E-state index in [1.165, 1.54) is 4.68 Å². The largest absolute Gasteiger partial charge is 0.292 e. The maximum atomic E-state index is 4.50. The molecule has 32 heavy (non-hydrogen) atoms. The molecule has 5 rings (SSSR count). The SMILES string of the molecule is c1ccc(/C(N=Nc2nnnn2-c2ccccc2)=N\Nc2cccc3cccnc23)cc1. The second-order valence-electron chi connectivity index (χ2n) is 6.72. The fraction of sp³-hybridized carbons (Fsp3) is 0. The van der Waals surface area contributed by atoms with Crippen molar-refractivity contribution in [3.63, 3.8) is 0 Å². The summed E-state index contributed by atoms with van der Waals surface area (Å²) >= 11 is 0. The molecule has 9 nitrogen and oxygen atoms in total. The number of aromatic nitrogens is 5. The first-order chi connectivity index (χ1) is 15.9. The van der Waals surface area contributed by atoms with E-state index >= 15 is 0 Å². The molecule has 0 saturated heterocycles. The van der Waals surface area contributed by atoms with Crippen LogP contribution in [0.1, 0.15) is 5.56 Å². The van der Waals surface area contributed by atoms with Gasteiger partial charge in [0.25, 0.3) is 5.95 Å². The Bertz CT molecular complexity index is 1390. The standard InChI is InChI=1S/C23H17N9/c1-3-9-18(10-4-1)22(26-25-20-15-7-11-17-12-8-16-24-21(17)20)27-28-23-29-30-31-32(23)19-13-5-2-6-14-19/h1-16,25H/b26-22+,28-27?. The van der Waals surface area contributed by atoms with E-state index in [9.17, 15) is 0 Å². The molecule has 0 aliphatic rings. The Morgan fingerprint density at radius 3 is 2.44 bits per heavy atom. The van der Waals surface area contributed by atoms with E-state index in [-0.39, 0.29) is 5.95 Å². The van der Waals surface area contributed by atoms with E-state index in [0.717, 1.165) is 27.8 Å². The zero-order valence-corrected chi connectivity index (χ0v) is 16.8. The summed E-state index contributed by atoms with van der Waals surface area (Å²) in [5.41, 5.74) is 6.23. The molecule has 1 N–H and O–H groups in total. The molecule has 154 valence electrons. The van der Waals surface area contributed by atoms with Crippen molar-refractivity contribution < 1.29 is 0 Å². The van der Waals surface area contributed by atoms with E-state index in [1.54, 1.807) is 6.20 Å². The third kappa shape index (κ3) is 4.08. The number of azo groups is 1. The molecule has 0 fully saturated rings. The molecule has 0 aliphatic carbocycles. The van der Waals surface area contributed by atoms with Crippen molar-refractivity contribution in [1.29, 1.82) is 0 Å². The molecular weight excluding hydrogens is 402 g/mol. The average Bonchev–Trinajstić information content (AvgIpc) is 3.34. The van der Waals surface area contributed by atoms with Gasteiger partial charge in [0.05, 0.1) is 16.9 Å². The molecular formula is C23H17N9. The number of hydrogen-bond acceptors (Lipinski definition) is 7. The summed E-state index contributed by atoms with van der Waals surface area (Å²) in [4.78, 5) is 4.45. The lowest BCUT2D eigenvalue weighted by molar-refractivity contribution is 0.788. The highest BCUT2D eigenvalue weighted by Gasteiger charge is 2.09. The van der Waals surface area contributed by atoms with Crippen LogP contribution in [0.5, 0.6) is 0 Å². The van der Waals surface area contributed by atoms with Crippen LogP contribution in [0.2, 0.25) is 0 Å². The third-order valence-corrected chi connectivity index (χ3v) is 4.63. The number of nitrogens with zero attached hydrogens (tertiary/aromatic N) is 8. The maximum absolute atomic E-state index is 4.50. The number of para-hydroxylation sites is 2. The van der Waals surface area contributed by atoms with Crippen LogP contribution in [0, 0.1) is 0 Å². The Morgan fingerprint density at radius 1 is 0.812 bits per heavy atom. The Morgan fingerprint density at radius 2 is 1.59 bits per heavy atom. The minimum atomic E-state index is 0.242. The number of amidine groups is 1. The lowest BCUT2D eigenvalue weighted by Crippen LogP contribution is -2.02. The lowest BCUT2D eigenvalue weighted by Gasteiger charge is -2.06. The van der Waals surface area contributed by atoms with E-state index in [0.29, 0.717) is 5.84 Å². The van der Waals surface area contributed by atoms with Gasteiger partial charge in [0.2, 0.25) is 5.84 Å². The molecule has 0 unspecified atom stereocenters. The van der Waals surface area contributed by atoms with Crippen LogP contribution in [0.25, 0.3) is 16.6 Å². The van der Waals surface area contributed by atoms with Crippen LogP contribution < -0.4 is 5.43 Å². The van der Waals surface area contributed by atoms with Gasteiger partial charge >= 0.3 is 0 Å². The van der Waals surface area contributed by atoms with Gasteiger partial charge in [-0.25, -0.2) is 0 Å². The van der Waals surface area contributed by atoms with Gasteiger partial charge < -0.3 is 0 Å². The predicted molar refractivity (Wildman–Crippen MR) is 122 cm³/mol. The van der Waals surface area contributed by atoms with Crippen molar-refractivity contribution in [1.82, 2.24) is 25.2 Å². The van der Waals surface area contributed by atoms with Gasteiger partial charge in [-0.1, -0.05) is 71.8 Å². The van der Waals surface area contributed by atoms with Crippen molar-refractivity contribution in [2.45, 2.75) is 0 Å². The van der Waals surface area contributed by atoms with Crippen molar-refractivity contribution in [2.75, 3.05) is 5.43 Å². The van der Waals surface area contributed by atoms with Gasteiger partial charge in [-0.05, 0) is 34.7 Å². The second-order valence-corrected chi connectivity index (χ2v) is 6.72. The molecule has 2 aromatic heterocycles. The Hall–Kier alpha value is -4.79. The molecule has 5 aromatic rings. The number of rotatable bonds is 5. The summed E-state index contributed by atoms with van der Waals surface area (Å²) in [7, 11) is 0. The monoisotopic (exact) mass is 419 g/mol. The zero-order valence-electron chi connectivity index (χ0n) is 16.8. The first-order valence-electron chi connectivity index (χ1n) is 9.87. The Balaban J connectivity index is 1.50. The highest BCUT2D eigenvalue weighted by Crippen LogP contribution is 2.21. The summed E-state index contributed by atoms with van der Waals surface area (Å²) in [6.07, 6.45) is 1.75. The minimum absolute atomic E-state index is 0.242. The fourth-order valence-electron chi connectivity index (χ4n) is 3.11. The van der Waals surface area contributed by atoms with Gasteiger partial charge in [0.15, 0.2) is 0 Å². The first kappa shape index (κ1) is 19.2. The van der Waals surface area contributed by atoms with Gasteiger partial charge in [-0.15, -0.1) is 10.2 Å². The van der Waals surface area contributed by atoms with E-state index in [2.05, 4.69) is 41.3 Å². The van der Waals surface area contributed by atoms with Crippen LogP contribution in [0.15, 0.2) is 113 Å². The number of tetrazole rings is 1. The quantitative estimate of drug-likeness (QED) is 0.191. The molecule has 0 spiro atoms. The van der Waals surface area contributed by atoms with Gasteiger partial charge in [-0.3, -0.25) is 10.4 Å². The van der Waals surface area contributed by atoms with E-state index in [1.807, 2.05) is 91.0 Å². The molecule has 2 heterocycles. The summed E-state index contributed by atoms with van der Waals surface area (Å²) in [6.45, 7) is 0. The van der Waals surface area contributed by atoms with Crippen LogP contribution in [-0.4, -0.2) is 31.0 Å². The highest BCUT2D eigenvalue weighted by atomic mass is 15.6. The van der Waals surface area contributed by atoms with Gasteiger partial charge in [0, 0.05) is 17.1 Å². The number of nitrogens with one attached hydrogen (secondary N) is 1. The topological polar surface area (TPSA) is 106 Å². The highest BCUT2D eigenvalue weighted by molar-refractivity contribution is 6.00. The lowest BCUT2D eigenvalue weighted by atomic mass is 10.2.